The maximum Gasteiger partial charge on any atom is 0.226 e. The Morgan fingerprint density at radius 2 is 2.13 bits per heavy atom. The Morgan fingerprint density at radius 3 is 2.74 bits per heavy atom. The Morgan fingerprint density at radius 1 is 1.43 bits per heavy atom. The molecule has 3 rings (SSSR count). The lowest BCUT2D eigenvalue weighted by molar-refractivity contribution is -0.118. The van der Waals surface area contributed by atoms with Crippen LogP contribution in [0.2, 0.25) is 0 Å². The molecule has 0 spiro atoms. The Kier molecular flexibility index (Phi) is 6.09. The van der Waals surface area contributed by atoms with Crippen molar-refractivity contribution in [2.45, 2.75) is 64.3 Å². The van der Waals surface area contributed by atoms with Gasteiger partial charge in [-0.05, 0) is 50.5 Å². The minimum absolute atomic E-state index is 0. The van der Waals surface area contributed by atoms with Crippen molar-refractivity contribution in [2.24, 2.45) is 17.1 Å². The van der Waals surface area contributed by atoms with Crippen molar-refractivity contribution in [1.29, 1.82) is 0 Å². The molecule has 1 heterocycles. The second kappa shape index (κ2) is 7.67. The molecule has 1 aromatic heterocycles. The molecular formula is C17H29ClN4O. The molecule has 2 fully saturated rings. The summed E-state index contributed by atoms with van der Waals surface area (Å²) >= 11 is 0. The average Bonchev–Trinajstić information content (AvgIpc) is 3.28. The molecule has 0 aromatic carbocycles. The molecule has 1 unspecified atom stereocenters. The van der Waals surface area contributed by atoms with Crippen LogP contribution in [0.1, 0.15) is 64.3 Å². The van der Waals surface area contributed by atoms with Gasteiger partial charge in [-0.15, -0.1) is 12.4 Å². The van der Waals surface area contributed by atoms with Crippen LogP contribution in [0.4, 0.5) is 5.82 Å². The minimum atomic E-state index is 0. The zero-order chi connectivity index (χ0) is 15.6. The summed E-state index contributed by atoms with van der Waals surface area (Å²) in [6, 6.07) is 2.26. The summed E-state index contributed by atoms with van der Waals surface area (Å²) in [5.74, 6) is 1.62. The van der Waals surface area contributed by atoms with E-state index in [0.717, 1.165) is 18.7 Å². The monoisotopic (exact) mass is 340 g/mol. The topological polar surface area (TPSA) is 72.9 Å². The third-order valence-electron chi connectivity index (χ3n) is 5.51. The Balaban J connectivity index is 0.00000192. The standard InChI is InChI=1S/C17H28N4O.ClH/c1-13(14-5-6-14)21-15(7-10-19-21)20-16(22)11-17(12-18)8-3-2-4-9-17;/h7,10,13-14H,2-6,8-9,11-12,18H2,1H3,(H,20,22);1H. The van der Waals surface area contributed by atoms with Crippen LogP contribution in [-0.4, -0.2) is 22.2 Å². The van der Waals surface area contributed by atoms with Gasteiger partial charge < -0.3 is 11.1 Å². The van der Waals surface area contributed by atoms with Gasteiger partial charge in [0.15, 0.2) is 0 Å². The SMILES string of the molecule is CC(C1CC1)n1nccc1NC(=O)CC1(CN)CCCCC1.Cl. The van der Waals surface area contributed by atoms with Gasteiger partial charge in [0.1, 0.15) is 5.82 Å². The lowest BCUT2D eigenvalue weighted by atomic mass is 9.71. The largest absolute Gasteiger partial charge is 0.330 e. The molecule has 0 bridgehead atoms. The number of nitrogens with zero attached hydrogens (tertiary/aromatic N) is 2. The molecule has 130 valence electrons. The molecule has 5 nitrogen and oxygen atoms in total. The number of carbonyl (C=O) groups excluding carboxylic acids is 1. The van der Waals surface area contributed by atoms with Crippen LogP contribution in [0.25, 0.3) is 0 Å². The molecule has 1 aromatic rings. The highest BCUT2D eigenvalue weighted by molar-refractivity contribution is 5.90. The zero-order valence-electron chi connectivity index (χ0n) is 14.0. The molecule has 3 N–H and O–H groups in total. The molecule has 2 saturated carbocycles. The van der Waals surface area contributed by atoms with Crippen LogP contribution in [0, 0.1) is 11.3 Å². The van der Waals surface area contributed by atoms with Crippen LogP contribution in [0.15, 0.2) is 12.3 Å². The van der Waals surface area contributed by atoms with Gasteiger partial charge in [-0.3, -0.25) is 4.79 Å². The van der Waals surface area contributed by atoms with Crippen molar-refractivity contribution in [3.8, 4) is 0 Å². The van der Waals surface area contributed by atoms with E-state index in [9.17, 15) is 4.79 Å². The van der Waals surface area contributed by atoms with E-state index < -0.39 is 0 Å². The molecule has 0 radical (unpaired) electrons. The number of rotatable bonds is 6. The lowest BCUT2D eigenvalue weighted by Crippen LogP contribution is -2.36. The van der Waals surface area contributed by atoms with Crippen molar-refractivity contribution in [3.63, 3.8) is 0 Å². The van der Waals surface area contributed by atoms with Gasteiger partial charge in [0.2, 0.25) is 5.91 Å². The summed E-state index contributed by atoms with van der Waals surface area (Å²) in [5, 5.41) is 7.46. The number of nitrogens with two attached hydrogens (primary N) is 1. The fraction of sp³-hybridized carbons (Fsp3) is 0.765. The Labute approximate surface area is 144 Å². The summed E-state index contributed by atoms with van der Waals surface area (Å²) in [7, 11) is 0. The number of amides is 1. The van der Waals surface area contributed by atoms with E-state index in [1.165, 1.54) is 32.1 Å². The molecule has 23 heavy (non-hydrogen) atoms. The van der Waals surface area contributed by atoms with Crippen molar-refractivity contribution in [1.82, 2.24) is 9.78 Å². The van der Waals surface area contributed by atoms with Crippen LogP contribution in [0.5, 0.6) is 0 Å². The normalized spacial score (nSPS) is 21.3. The van der Waals surface area contributed by atoms with E-state index in [1.807, 2.05) is 10.7 Å². The lowest BCUT2D eigenvalue weighted by Gasteiger charge is -2.35. The second-order valence-electron chi connectivity index (χ2n) is 7.23. The van der Waals surface area contributed by atoms with Gasteiger partial charge >= 0.3 is 0 Å². The summed E-state index contributed by atoms with van der Waals surface area (Å²) in [6.45, 7) is 2.79. The summed E-state index contributed by atoms with van der Waals surface area (Å²) < 4.78 is 1.96. The van der Waals surface area contributed by atoms with E-state index in [1.54, 1.807) is 6.20 Å². The maximum atomic E-state index is 12.5. The van der Waals surface area contributed by atoms with Crippen LogP contribution < -0.4 is 11.1 Å². The summed E-state index contributed by atoms with van der Waals surface area (Å²) in [4.78, 5) is 12.5. The van der Waals surface area contributed by atoms with Crippen molar-refractivity contribution in [3.05, 3.63) is 12.3 Å². The van der Waals surface area contributed by atoms with Gasteiger partial charge in [0.25, 0.3) is 0 Å². The number of hydrogen-bond donors (Lipinski definition) is 2. The number of aromatic nitrogens is 2. The predicted molar refractivity (Wildman–Crippen MR) is 94.7 cm³/mol. The molecular weight excluding hydrogens is 312 g/mol. The third kappa shape index (κ3) is 4.27. The van der Waals surface area contributed by atoms with E-state index in [4.69, 9.17) is 5.73 Å². The van der Waals surface area contributed by atoms with Crippen molar-refractivity contribution in [2.75, 3.05) is 11.9 Å². The number of nitrogens with one attached hydrogen (secondary N) is 1. The molecule has 6 heteroatoms. The fourth-order valence-corrected chi connectivity index (χ4v) is 3.80. The van der Waals surface area contributed by atoms with Crippen LogP contribution >= 0.6 is 12.4 Å². The Hall–Kier alpha value is -1.07. The first-order chi connectivity index (χ1) is 10.6. The molecule has 0 aliphatic heterocycles. The minimum Gasteiger partial charge on any atom is -0.330 e. The quantitative estimate of drug-likeness (QED) is 0.832. The highest BCUT2D eigenvalue weighted by atomic mass is 35.5. The molecule has 2 aliphatic rings. The number of halogens is 1. The zero-order valence-corrected chi connectivity index (χ0v) is 14.8. The van der Waals surface area contributed by atoms with Gasteiger partial charge in [-0.25, -0.2) is 4.68 Å². The highest BCUT2D eigenvalue weighted by Gasteiger charge is 2.34. The van der Waals surface area contributed by atoms with Crippen molar-refractivity contribution >= 4 is 24.1 Å². The van der Waals surface area contributed by atoms with E-state index in [0.29, 0.717) is 24.9 Å². The molecule has 1 amide bonds. The first-order valence-electron chi connectivity index (χ1n) is 8.67. The number of hydrogen-bond acceptors (Lipinski definition) is 3. The second-order valence-corrected chi connectivity index (χ2v) is 7.23. The third-order valence-corrected chi connectivity index (χ3v) is 5.51. The average molecular weight is 341 g/mol. The molecule has 2 aliphatic carbocycles. The van der Waals surface area contributed by atoms with Crippen LogP contribution in [0.3, 0.4) is 0 Å². The predicted octanol–water partition coefficient (Wildman–Crippen LogP) is 3.51. The van der Waals surface area contributed by atoms with Crippen molar-refractivity contribution < 1.29 is 4.79 Å². The van der Waals surface area contributed by atoms with Gasteiger partial charge in [0.05, 0.1) is 12.2 Å². The van der Waals surface area contributed by atoms with Gasteiger partial charge in [-0.2, -0.15) is 5.10 Å². The van der Waals surface area contributed by atoms with E-state index in [2.05, 4.69) is 17.3 Å². The number of carbonyl (C=O) groups is 1. The van der Waals surface area contributed by atoms with Gasteiger partial charge in [0, 0.05) is 12.5 Å². The maximum absolute atomic E-state index is 12.5. The molecule has 0 saturated heterocycles. The Bertz CT molecular complexity index is 520. The van der Waals surface area contributed by atoms with Crippen LogP contribution in [-0.2, 0) is 4.79 Å². The fourth-order valence-electron chi connectivity index (χ4n) is 3.80. The first-order valence-corrected chi connectivity index (χ1v) is 8.67. The first kappa shape index (κ1) is 18.3. The summed E-state index contributed by atoms with van der Waals surface area (Å²) in [6.07, 6.45) is 10.7. The molecule has 1 atom stereocenters. The van der Waals surface area contributed by atoms with E-state index >= 15 is 0 Å². The number of anilines is 1. The van der Waals surface area contributed by atoms with E-state index in [-0.39, 0.29) is 23.7 Å². The summed E-state index contributed by atoms with van der Waals surface area (Å²) in [5.41, 5.74) is 6.00. The van der Waals surface area contributed by atoms with Gasteiger partial charge in [-0.1, -0.05) is 19.3 Å². The smallest absolute Gasteiger partial charge is 0.226 e. The highest BCUT2D eigenvalue weighted by Crippen LogP contribution is 2.41.